The van der Waals surface area contributed by atoms with Crippen LogP contribution in [0.5, 0.6) is 0 Å². The van der Waals surface area contributed by atoms with Gasteiger partial charge in [0.2, 0.25) is 5.91 Å². The number of hydrogen-bond donors (Lipinski definition) is 3. The molecule has 0 bridgehead atoms. The van der Waals surface area contributed by atoms with Gasteiger partial charge in [0.25, 0.3) is 5.97 Å². The first-order valence-electron chi connectivity index (χ1n) is 8.65. The normalized spacial score (nSPS) is 9.43. The Morgan fingerprint density at radius 3 is 2.14 bits per heavy atom. The molecule has 28 heavy (non-hydrogen) atoms. The zero-order chi connectivity index (χ0) is 21.3. The quantitative estimate of drug-likeness (QED) is 0.429. The maximum atomic E-state index is 12.1. The van der Waals surface area contributed by atoms with Gasteiger partial charge in [0.1, 0.15) is 0 Å². The second kappa shape index (κ2) is 10.5. The summed E-state index contributed by atoms with van der Waals surface area (Å²) >= 11 is 0. The van der Waals surface area contributed by atoms with E-state index in [4.69, 9.17) is 9.90 Å². The number of imidazole rings is 1. The Balaban J connectivity index is 0.000000334. The molecule has 148 valence electrons. The molecule has 0 radical (unpaired) electrons. The molecule has 4 rings (SSSR count). The molecule has 0 aliphatic carbocycles. The summed E-state index contributed by atoms with van der Waals surface area (Å²) in [7, 11) is 0. The lowest BCUT2D eigenvalue weighted by Crippen LogP contribution is -2.15. The van der Waals surface area contributed by atoms with Gasteiger partial charge in [0.15, 0.2) is 5.65 Å². The van der Waals surface area contributed by atoms with Crippen LogP contribution in [0, 0.1) is 0 Å². The molecule has 0 saturated heterocycles. The summed E-state index contributed by atoms with van der Waals surface area (Å²) in [4.78, 5) is 37.8. The zero-order valence-corrected chi connectivity index (χ0v) is 16.3. The van der Waals surface area contributed by atoms with Crippen molar-refractivity contribution in [2.75, 3.05) is 0 Å². The van der Waals surface area contributed by atoms with E-state index >= 15 is 0 Å². The number of hydrogen-bond acceptors (Lipinski definition) is 4. The van der Waals surface area contributed by atoms with Gasteiger partial charge in [0.05, 0.1) is 16.6 Å². The highest BCUT2D eigenvalue weighted by Crippen LogP contribution is 2.20. The maximum absolute atomic E-state index is 12.1. The summed E-state index contributed by atoms with van der Waals surface area (Å²) in [5, 5.41) is 8.37. The van der Waals surface area contributed by atoms with Gasteiger partial charge in [-0.15, -0.1) is 0 Å². The van der Waals surface area contributed by atoms with E-state index in [-0.39, 0.29) is 11.6 Å². The number of nitrogens with two attached hydrogens (primary N) is 1. The molecular weight excluding hydrogens is 360 g/mol. The number of carboxylic acid groups (broad SMARTS) is 1. The first-order chi connectivity index (χ1) is 13.3. The highest BCUT2D eigenvalue weighted by molar-refractivity contribution is 5.95. The molecule has 0 aliphatic rings. The third-order valence-corrected chi connectivity index (χ3v) is 3.17. The highest BCUT2D eigenvalue weighted by Gasteiger charge is 2.09. The third-order valence-electron chi connectivity index (χ3n) is 3.17. The van der Waals surface area contributed by atoms with Crippen LogP contribution in [0.25, 0.3) is 27.6 Å². The Morgan fingerprint density at radius 2 is 1.54 bits per heavy atom. The van der Waals surface area contributed by atoms with E-state index in [1.807, 2.05) is 62.4 Å². The summed E-state index contributed by atoms with van der Waals surface area (Å²) < 4.78 is 1.62. The minimum absolute atomic E-state index is 0.155. The number of nitrogens with zero attached hydrogens (tertiary/aromatic N) is 2. The molecule has 0 saturated carbocycles. The number of rotatable bonds is 0. The standard InChI is InChI=1S/C14H9N3O.C2H5NO.C2H4O2.C2H6/c18-14-16-10-6-2-1-5-9(10)13-15-11-7-3-4-8-12(11)17(13)14;2*1-2(3)4;1-2/h1-8H,(H,16,18);1H3,(H2,3,4);1H3,(H,3,4);1-2H3. The lowest BCUT2D eigenvalue weighted by Gasteiger charge is -1.99. The number of primary amides is 1. The fourth-order valence-corrected chi connectivity index (χ4v) is 2.37. The van der Waals surface area contributed by atoms with E-state index in [0.29, 0.717) is 5.65 Å². The Morgan fingerprint density at radius 1 is 1.04 bits per heavy atom. The summed E-state index contributed by atoms with van der Waals surface area (Å²) in [6.45, 7) is 6.39. The Bertz CT molecular complexity index is 1130. The number of aliphatic carboxylic acids is 1. The van der Waals surface area contributed by atoms with Gasteiger partial charge >= 0.3 is 5.69 Å². The molecule has 2 heterocycles. The van der Waals surface area contributed by atoms with E-state index in [2.05, 4.69) is 15.7 Å². The van der Waals surface area contributed by atoms with Crippen molar-refractivity contribution in [2.24, 2.45) is 5.73 Å². The molecule has 4 N–H and O–H groups in total. The number of nitrogens with one attached hydrogen (secondary N) is 1. The van der Waals surface area contributed by atoms with Crippen LogP contribution in [0.1, 0.15) is 27.7 Å². The Kier molecular flexibility index (Phi) is 8.36. The average Bonchev–Trinajstić information content (AvgIpc) is 3.03. The van der Waals surface area contributed by atoms with Crippen molar-refractivity contribution in [3.05, 3.63) is 59.0 Å². The number of benzene rings is 2. The zero-order valence-electron chi connectivity index (χ0n) is 16.3. The van der Waals surface area contributed by atoms with Gasteiger partial charge in [-0.3, -0.25) is 9.59 Å². The first-order valence-corrected chi connectivity index (χ1v) is 8.65. The van der Waals surface area contributed by atoms with Crippen LogP contribution in [-0.2, 0) is 9.59 Å². The van der Waals surface area contributed by atoms with Gasteiger partial charge in [-0.05, 0) is 24.3 Å². The molecule has 0 aliphatic heterocycles. The fraction of sp³-hybridized carbons (Fsp3) is 0.200. The molecule has 2 aromatic heterocycles. The monoisotopic (exact) mass is 384 g/mol. The molecule has 0 fully saturated rings. The Labute approximate surface area is 161 Å². The predicted molar refractivity (Wildman–Crippen MR) is 110 cm³/mol. The van der Waals surface area contributed by atoms with E-state index in [1.54, 1.807) is 4.40 Å². The van der Waals surface area contributed by atoms with Crippen LogP contribution < -0.4 is 11.4 Å². The lowest BCUT2D eigenvalue weighted by molar-refractivity contribution is -0.134. The second-order valence-corrected chi connectivity index (χ2v) is 5.36. The van der Waals surface area contributed by atoms with Crippen LogP contribution in [0.15, 0.2) is 53.3 Å². The Hall–Kier alpha value is -3.68. The fourth-order valence-electron chi connectivity index (χ4n) is 2.37. The number of carboxylic acids is 1. The minimum Gasteiger partial charge on any atom is -0.481 e. The predicted octanol–water partition coefficient (Wildman–Crippen LogP) is 2.94. The topological polar surface area (TPSA) is 131 Å². The maximum Gasteiger partial charge on any atom is 0.332 e. The van der Waals surface area contributed by atoms with E-state index in [9.17, 15) is 9.59 Å². The number of carbonyl (C=O) groups excluding carboxylic acids is 1. The van der Waals surface area contributed by atoms with Crippen LogP contribution in [0.4, 0.5) is 0 Å². The number of aromatic amines is 1. The van der Waals surface area contributed by atoms with Crippen LogP contribution in [-0.4, -0.2) is 31.4 Å². The number of aromatic nitrogens is 3. The van der Waals surface area contributed by atoms with Crippen molar-refractivity contribution in [3.8, 4) is 0 Å². The summed E-state index contributed by atoms with van der Waals surface area (Å²) in [6.07, 6.45) is 0. The highest BCUT2D eigenvalue weighted by atomic mass is 16.4. The van der Waals surface area contributed by atoms with Gasteiger partial charge in [-0.25, -0.2) is 14.2 Å². The summed E-state index contributed by atoms with van der Waals surface area (Å²) in [6, 6.07) is 15.3. The van der Waals surface area contributed by atoms with Crippen molar-refractivity contribution in [1.29, 1.82) is 0 Å². The molecule has 0 spiro atoms. The number of fused-ring (bicyclic) bond motifs is 5. The third kappa shape index (κ3) is 5.66. The number of para-hydroxylation sites is 3. The lowest BCUT2D eigenvalue weighted by atomic mass is 10.2. The molecule has 2 aromatic carbocycles. The number of amides is 1. The number of carbonyl (C=O) groups is 2. The van der Waals surface area contributed by atoms with E-state index in [0.717, 1.165) is 28.9 Å². The molecule has 1 amide bonds. The van der Waals surface area contributed by atoms with Crippen LogP contribution in [0.2, 0.25) is 0 Å². The van der Waals surface area contributed by atoms with E-state index < -0.39 is 5.97 Å². The van der Waals surface area contributed by atoms with Crippen molar-refractivity contribution in [1.82, 2.24) is 14.4 Å². The first kappa shape index (κ1) is 22.4. The van der Waals surface area contributed by atoms with Gasteiger partial charge < -0.3 is 15.8 Å². The number of H-pyrrole nitrogens is 1. The van der Waals surface area contributed by atoms with E-state index in [1.165, 1.54) is 6.92 Å². The molecule has 8 heteroatoms. The van der Waals surface area contributed by atoms with Gasteiger partial charge in [-0.2, -0.15) is 0 Å². The largest absolute Gasteiger partial charge is 0.481 e. The SMILES string of the molecule is CC.CC(=O)O.CC(N)=O.O=c1[nH]c2ccccc2c2nc3ccccc3n12. The smallest absolute Gasteiger partial charge is 0.332 e. The van der Waals surface area contributed by atoms with Gasteiger partial charge in [0, 0.05) is 19.2 Å². The van der Waals surface area contributed by atoms with Crippen LogP contribution >= 0.6 is 0 Å². The minimum atomic E-state index is -0.833. The van der Waals surface area contributed by atoms with Crippen molar-refractivity contribution >= 4 is 39.5 Å². The van der Waals surface area contributed by atoms with Crippen molar-refractivity contribution < 1.29 is 14.7 Å². The van der Waals surface area contributed by atoms with Gasteiger partial charge in [-0.1, -0.05) is 38.1 Å². The second-order valence-electron chi connectivity index (χ2n) is 5.36. The molecule has 0 unspecified atom stereocenters. The molecule has 0 atom stereocenters. The molecule has 4 aromatic rings. The van der Waals surface area contributed by atoms with Crippen molar-refractivity contribution in [3.63, 3.8) is 0 Å². The van der Waals surface area contributed by atoms with Crippen LogP contribution in [0.3, 0.4) is 0 Å². The molecular formula is C20H24N4O4. The molecule has 8 nitrogen and oxygen atoms in total. The van der Waals surface area contributed by atoms with Crippen molar-refractivity contribution in [2.45, 2.75) is 27.7 Å². The average molecular weight is 384 g/mol. The summed E-state index contributed by atoms with van der Waals surface area (Å²) in [5.41, 5.74) is 7.50. The summed E-state index contributed by atoms with van der Waals surface area (Å²) in [5.74, 6) is -1.17.